The molecule has 1 rings (SSSR count). The number of benzene rings is 1. The van der Waals surface area contributed by atoms with Gasteiger partial charge in [0.05, 0.1) is 23.5 Å². The van der Waals surface area contributed by atoms with Gasteiger partial charge >= 0.3 is 11.9 Å². The van der Waals surface area contributed by atoms with Crippen molar-refractivity contribution in [3.8, 4) is 5.75 Å². The predicted octanol–water partition coefficient (Wildman–Crippen LogP) is -0.581. The zero-order valence-electron chi connectivity index (χ0n) is 13.4. The van der Waals surface area contributed by atoms with Crippen molar-refractivity contribution in [2.45, 2.75) is 25.4 Å². The molecule has 0 aromatic heterocycles. The minimum absolute atomic E-state index is 0.0717. The molecule has 25 heavy (non-hydrogen) atoms. The maximum Gasteiger partial charge on any atom is 0.322 e. The van der Waals surface area contributed by atoms with Crippen molar-refractivity contribution in [3.63, 3.8) is 0 Å². The number of ether oxygens (including phenoxy) is 2. The minimum Gasteiger partial charge on any atom is -0.464 e. The summed E-state index contributed by atoms with van der Waals surface area (Å²) < 4.78 is 39.2. The van der Waals surface area contributed by atoms with Gasteiger partial charge in [0.1, 0.15) is 24.5 Å². The molecule has 0 aliphatic carbocycles. The van der Waals surface area contributed by atoms with Crippen LogP contribution in [0.3, 0.4) is 0 Å². The van der Waals surface area contributed by atoms with E-state index in [9.17, 15) is 18.0 Å². The van der Waals surface area contributed by atoms with E-state index in [4.69, 9.17) is 32.8 Å². The van der Waals surface area contributed by atoms with Gasteiger partial charge in [-0.2, -0.15) is 8.42 Å². The van der Waals surface area contributed by atoms with E-state index in [0.717, 1.165) is 5.56 Å². The fourth-order valence-electron chi connectivity index (χ4n) is 1.96. The summed E-state index contributed by atoms with van der Waals surface area (Å²) in [5.41, 5.74) is 1.79. The van der Waals surface area contributed by atoms with Crippen LogP contribution in [0, 0.1) is 0 Å². The molecule has 0 unspecified atom stereocenters. The number of carbonyl (C=O) groups is 2. The summed E-state index contributed by atoms with van der Waals surface area (Å²) in [6, 6.07) is 3.35. The molecule has 11 heteroatoms. The van der Waals surface area contributed by atoms with Crippen LogP contribution in [0.15, 0.2) is 12.1 Å². The number of hydrogen-bond acceptors (Lipinski definition) is 6. The molecule has 1 aromatic carbocycles. The van der Waals surface area contributed by atoms with E-state index in [1.807, 2.05) is 0 Å². The van der Waals surface area contributed by atoms with Crippen LogP contribution < -0.4 is 4.74 Å². The zero-order valence-corrected chi connectivity index (χ0v) is 14.3. The van der Waals surface area contributed by atoms with Crippen LogP contribution in [0.2, 0.25) is 0 Å². The highest BCUT2D eigenvalue weighted by Crippen LogP contribution is 2.27. The van der Waals surface area contributed by atoms with Crippen molar-refractivity contribution >= 4 is 45.6 Å². The first-order valence-corrected chi connectivity index (χ1v) is 8.87. The van der Waals surface area contributed by atoms with Crippen molar-refractivity contribution in [3.05, 3.63) is 28.8 Å². The van der Waals surface area contributed by atoms with E-state index in [-0.39, 0.29) is 24.7 Å². The van der Waals surface area contributed by atoms with E-state index in [2.05, 4.69) is 4.74 Å². The number of rotatable bonds is 9. The van der Waals surface area contributed by atoms with Gasteiger partial charge in [0.15, 0.2) is 0 Å². The molecule has 1 N–H and O–H groups in total. The van der Waals surface area contributed by atoms with Gasteiger partial charge in [-0.1, -0.05) is 36.7 Å². The molecule has 0 amide bonds. The Morgan fingerprint density at radius 3 is 2.00 bits per heavy atom. The van der Waals surface area contributed by atoms with E-state index >= 15 is 0 Å². The Bertz CT molecular complexity index is 709. The zero-order chi connectivity index (χ0) is 19.0. The SMILES string of the molecule is [B]Cc1cc(C[B])c(OC(=O)CC(=O)OCCS(=O)(=O)O)c(C[B])c1. The van der Waals surface area contributed by atoms with Crippen LogP contribution in [-0.4, -0.2) is 60.8 Å². The molecule has 0 aliphatic heterocycles. The first kappa shape index (κ1) is 21.3. The third kappa shape index (κ3) is 7.35. The fraction of sp³-hybridized carbons (Fsp3) is 0.429. The summed E-state index contributed by atoms with van der Waals surface area (Å²) in [5.74, 6) is -2.50. The smallest absolute Gasteiger partial charge is 0.322 e. The quantitative estimate of drug-likeness (QED) is 0.207. The van der Waals surface area contributed by atoms with Crippen LogP contribution in [0.1, 0.15) is 23.1 Å². The van der Waals surface area contributed by atoms with Gasteiger partial charge in [-0.15, -0.1) is 0 Å². The molecule has 128 valence electrons. The summed E-state index contributed by atoms with van der Waals surface area (Å²) in [7, 11) is 12.6. The molecule has 0 atom stereocenters. The van der Waals surface area contributed by atoms with Crippen molar-refractivity contribution in [2.75, 3.05) is 12.4 Å². The molecule has 0 bridgehead atoms. The Balaban J connectivity index is 2.75. The third-order valence-corrected chi connectivity index (χ3v) is 3.77. The largest absolute Gasteiger partial charge is 0.464 e. The van der Waals surface area contributed by atoms with Crippen molar-refractivity contribution in [1.82, 2.24) is 0 Å². The summed E-state index contributed by atoms with van der Waals surface area (Å²) in [5, 5.41) is 0. The molecule has 0 aliphatic rings. The predicted molar refractivity (Wildman–Crippen MR) is 92.4 cm³/mol. The topological polar surface area (TPSA) is 107 Å². The first-order chi connectivity index (χ1) is 11.7. The molecular formula is C14H15B3O7S. The van der Waals surface area contributed by atoms with Crippen LogP contribution in [0.5, 0.6) is 5.75 Å². The lowest BCUT2D eigenvalue weighted by molar-refractivity contribution is -0.149. The van der Waals surface area contributed by atoms with Crippen molar-refractivity contribution in [1.29, 1.82) is 0 Å². The summed E-state index contributed by atoms with van der Waals surface area (Å²) in [4.78, 5) is 23.4. The molecular weight excluding hydrogens is 345 g/mol. The second-order valence-electron chi connectivity index (χ2n) is 5.01. The standard InChI is InChI=1S/C14H15B3O7S/c15-6-9-3-10(7-16)14(11(4-9)8-17)24-13(19)5-12(18)23-1-2-25(20,21)22/h3-4H,1-2,5-8H2,(H,20,21,22). The average Bonchev–Trinajstić information content (AvgIpc) is 2.53. The molecule has 1 aromatic rings. The summed E-state index contributed by atoms with van der Waals surface area (Å²) >= 11 is 0. The molecule has 7 nitrogen and oxygen atoms in total. The summed E-state index contributed by atoms with van der Waals surface area (Å²) in [6.45, 7) is -0.571. The second-order valence-corrected chi connectivity index (χ2v) is 6.58. The van der Waals surface area contributed by atoms with Gasteiger partial charge < -0.3 is 9.47 Å². The van der Waals surface area contributed by atoms with Gasteiger partial charge in [-0.25, -0.2) is 0 Å². The van der Waals surface area contributed by atoms with E-state index in [1.165, 1.54) is 0 Å². The molecule has 0 heterocycles. The van der Waals surface area contributed by atoms with Crippen LogP contribution in [-0.2, 0) is 43.4 Å². The van der Waals surface area contributed by atoms with Crippen molar-refractivity contribution < 1.29 is 32.0 Å². The monoisotopic (exact) mass is 360 g/mol. The number of esters is 2. The molecule has 0 spiro atoms. The Morgan fingerprint density at radius 1 is 1.00 bits per heavy atom. The maximum absolute atomic E-state index is 11.9. The first-order valence-electron chi connectivity index (χ1n) is 7.26. The van der Waals surface area contributed by atoms with Crippen LogP contribution in [0.4, 0.5) is 0 Å². The Morgan fingerprint density at radius 2 is 1.56 bits per heavy atom. The number of hydrogen-bond donors (Lipinski definition) is 1. The van der Waals surface area contributed by atoms with Gasteiger partial charge in [0, 0.05) is 0 Å². The Hall–Kier alpha value is -1.74. The van der Waals surface area contributed by atoms with Gasteiger partial charge in [-0.3, -0.25) is 14.1 Å². The fourth-order valence-corrected chi connectivity index (χ4v) is 2.25. The normalized spacial score (nSPS) is 11.1. The second kappa shape index (κ2) is 9.67. The molecule has 0 saturated carbocycles. The molecule has 0 fully saturated rings. The highest BCUT2D eigenvalue weighted by molar-refractivity contribution is 7.85. The van der Waals surface area contributed by atoms with E-state index in [0.29, 0.717) is 11.1 Å². The molecule has 6 radical (unpaired) electrons. The van der Waals surface area contributed by atoms with Crippen LogP contribution >= 0.6 is 0 Å². The van der Waals surface area contributed by atoms with E-state index < -0.39 is 40.8 Å². The van der Waals surface area contributed by atoms with E-state index in [1.54, 1.807) is 12.1 Å². The average molecular weight is 360 g/mol. The maximum atomic E-state index is 11.9. The lowest BCUT2D eigenvalue weighted by atomic mass is 9.85. The third-order valence-electron chi connectivity index (χ3n) is 3.09. The Labute approximate surface area is 150 Å². The lowest BCUT2D eigenvalue weighted by Gasteiger charge is -2.15. The van der Waals surface area contributed by atoms with Gasteiger partial charge in [-0.05, 0) is 11.1 Å². The lowest BCUT2D eigenvalue weighted by Crippen LogP contribution is -2.20. The highest BCUT2D eigenvalue weighted by atomic mass is 32.2. The highest BCUT2D eigenvalue weighted by Gasteiger charge is 2.18. The van der Waals surface area contributed by atoms with Crippen LogP contribution in [0.25, 0.3) is 0 Å². The molecule has 0 saturated heterocycles. The number of carbonyl (C=O) groups excluding carboxylic acids is 2. The van der Waals surface area contributed by atoms with Crippen molar-refractivity contribution in [2.24, 2.45) is 0 Å². The van der Waals surface area contributed by atoms with Gasteiger partial charge in [0.25, 0.3) is 10.1 Å². The summed E-state index contributed by atoms with van der Waals surface area (Å²) in [6.07, 6.45) is -0.336. The minimum atomic E-state index is -4.25. The Kier molecular flexibility index (Phi) is 8.24. The van der Waals surface area contributed by atoms with Gasteiger partial charge in [0.2, 0.25) is 0 Å².